The summed E-state index contributed by atoms with van der Waals surface area (Å²) in [6.45, 7) is 2.61. The lowest BCUT2D eigenvalue weighted by atomic mass is 9.96. The number of hydrogen-bond acceptors (Lipinski definition) is 2. The Kier molecular flexibility index (Phi) is 4.09. The van der Waals surface area contributed by atoms with Crippen LogP contribution in [0, 0.1) is 0 Å². The molecule has 0 aliphatic heterocycles. The predicted molar refractivity (Wildman–Crippen MR) is 86.5 cm³/mol. The van der Waals surface area contributed by atoms with Gasteiger partial charge in [-0.05, 0) is 37.5 Å². The number of carbonyl (C=O) groups excluding carboxylic acids is 1. The minimum absolute atomic E-state index is 0.104. The van der Waals surface area contributed by atoms with E-state index in [1.54, 1.807) is 6.20 Å². The van der Waals surface area contributed by atoms with Crippen molar-refractivity contribution in [3.05, 3.63) is 66.0 Å². The first-order chi connectivity index (χ1) is 10.7. The molecule has 2 aromatic rings. The molecule has 1 fully saturated rings. The number of urea groups is 1. The van der Waals surface area contributed by atoms with Gasteiger partial charge < -0.3 is 10.6 Å². The number of benzene rings is 1. The van der Waals surface area contributed by atoms with Crippen molar-refractivity contribution >= 4 is 6.03 Å². The van der Waals surface area contributed by atoms with Crippen molar-refractivity contribution in [1.82, 2.24) is 15.6 Å². The van der Waals surface area contributed by atoms with Gasteiger partial charge in [0.2, 0.25) is 0 Å². The maximum atomic E-state index is 12.1. The summed E-state index contributed by atoms with van der Waals surface area (Å²) in [7, 11) is 0. The molecule has 3 rings (SSSR count). The minimum Gasteiger partial charge on any atom is -0.337 e. The molecule has 1 heterocycles. The predicted octanol–water partition coefficient (Wildman–Crippen LogP) is 3.17. The van der Waals surface area contributed by atoms with Gasteiger partial charge in [-0.3, -0.25) is 4.98 Å². The summed E-state index contributed by atoms with van der Waals surface area (Å²) in [5, 5.41) is 5.94. The third-order valence-electron chi connectivity index (χ3n) is 4.31. The first kappa shape index (κ1) is 14.6. The van der Waals surface area contributed by atoms with Gasteiger partial charge in [-0.25, -0.2) is 4.79 Å². The van der Waals surface area contributed by atoms with Crippen LogP contribution in [0.1, 0.15) is 37.1 Å². The van der Waals surface area contributed by atoms with Crippen molar-refractivity contribution in [2.75, 3.05) is 6.54 Å². The van der Waals surface area contributed by atoms with E-state index in [0.29, 0.717) is 6.54 Å². The van der Waals surface area contributed by atoms with Crippen LogP contribution in [0.3, 0.4) is 0 Å². The average Bonchev–Trinajstić information content (AvgIpc) is 3.36. The Morgan fingerprint density at radius 3 is 2.55 bits per heavy atom. The average molecular weight is 295 g/mol. The topological polar surface area (TPSA) is 54.0 Å². The molecule has 4 nitrogen and oxygen atoms in total. The Balaban J connectivity index is 1.53. The van der Waals surface area contributed by atoms with Crippen molar-refractivity contribution in [3.8, 4) is 0 Å². The van der Waals surface area contributed by atoms with Gasteiger partial charge in [-0.1, -0.05) is 36.4 Å². The lowest BCUT2D eigenvalue weighted by molar-refractivity contribution is 0.236. The molecule has 0 saturated heterocycles. The number of hydrogen-bond donors (Lipinski definition) is 2. The number of nitrogens with one attached hydrogen (secondary N) is 2. The standard InChI is InChI=1S/C18H21N3O/c1-14(16-9-5-6-12-19-16)21-17(22)20-13-18(10-11-18)15-7-3-2-4-8-15/h2-9,12,14H,10-11,13H2,1H3,(H2,20,21,22)/t14-/m0/s1. The second kappa shape index (κ2) is 6.18. The van der Waals surface area contributed by atoms with Crippen LogP contribution in [0.15, 0.2) is 54.7 Å². The van der Waals surface area contributed by atoms with Crippen LogP contribution < -0.4 is 10.6 Å². The summed E-state index contributed by atoms with van der Waals surface area (Å²) < 4.78 is 0. The minimum atomic E-state index is -0.139. The summed E-state index contributed by atoms with van der Waals surface area (Å²) >= 11 is 0. The fourth-order valence-electron chi connectivity index (χ4n) is 2.71. The summed E-state index contributed by atoms with van der Waals surface area (Å²) in [6.07, 6.45) is 4.00. The third-order valence-corrected chi connectivity index (χ3v) is 4.31. The second-order valence-electron chi connectivity index (χ2n) is 5.95. The van der Waals surface area contributed by atoms with Crippen molar-refractivity contribution in [3.63, 3.8) is 0 Å². The highest BCUT2D eigenvalue weighted by atomic mass is 16.2. The van der Waals surface area contributed by atoms with Gasteiger partial charge in [0.25, 0.3) is 0 Å². The van der Waals surface area contributed by atoms with E-state index in [9.17, 15) is 4.79 Å². The monoisotopic (exact) mass is 295 g/mol. The Hall–Kier alpha value is -2.36. The van der Waals surface area contributed by atoms with Crippen molar-refractivity contribution in [2.45, 2.75) is 31.2 Å². The van der Waals surface area contributed by atoms with Gasteiger partial charge in [0, 0.05) is 18.2 Å². The van der Waals surface area contributed by atoms with Crippen LogP contribution in [-0.4, -0.2) is 17.6 Å². The number of amides is 2. The van der Waals surface area contributed by atoms with Gasteiger partial charge in [0.15, 0.2) is 0 Å². The van der Waals surface area contributed by atoms with E-state index >= 15 is 0 Å². The molecule has 2 amide bonds. The number of aromatic nitrogens is 1. The quantitative estimate of drug-likeness (QED) is 0.890. The molecule has 4 heteroatoms. The molecule has 1 aromatic heterocycles. The zero-order valence-electron chi connectivity index (χ0n) is 12.8. The smallest absolute Gasteiger partial charge is 0.315 e. The fourth-order valence-corrected chi connectivity index (χ4v) is 2.71. The molecule has 0 spiro atoms. The first-order valence-corrected chi connectivity index (χ1v) is 7.70. The van der Waals surface area contributed by atoms with Crippen LogP contribution in [0.4, 0.5) is 4.79 Å². The molecule has 1 aliphatic rings. The molecule has 0 unspecified atom stereocenters. The van der Waals surface area contributed by atoms with Crippen LogP contribution in [0.25, 0.3) is 0 Å². The lowest BCUT2D eigenvalue weighted by Gasteiger charge is -2.19. The zero-order chi connectivity index (χ0) is 15.4. The Morgan fingerprint density at radius 2 is 1.91 bits per heavy atom. The van der Waals surface area contributed by atoms with Gasteiger partial charge >= 0.3 is 6.03 Å². The maximum Gasteiger partial charge on any atom is 0.315 e. The van der Waals surface area contributed by atoms with Crippen molar-refractivity contribution < 1.29 is 4.79 Å². The van der Waals surface area contributed by atoms with E-state index in [1.807, 2.05) is 31.2 Å². The van der Waals surface area contributed by atoms with E-state index in [0.717, 1.165) is 18.5 Å². The number of carbonyl (C=O) groups is 1. The Morgan fingerprint density at radius 1 is 1.18 bits per heavy atom. The largest absolute Gasteiger partial charge is 0.337 e. The summed E-state index contributed by atoms with van der Waals surface area (Å²) in [5.74, 6) is 0. The van der Waals surface area contributed by atoms with Gasteiger partial charge in [0.05, 0.1) is 11.7 Å². The van der Waals surface area contributed by atoms with Crippen molar-refractivity contribution in [2.24, 2.45) is 0 Å². The normalized spacial score (nSPS) is 16.6. The van der Waals surface area contributed by atoms with E-state index < -0.39 is 0 Å². The molecule has 114 valence electrons. The molecular weight excluding hydrogens is 274 g/mol. The van der Waals surface area contributed by atoms with E-state index in [4.69, 9.17) is 0 Å². The highest BCUT2D eigenvalue weighted by molar-refractivity contribution is 5.74. The van der Waals surface area contributed by atoms with Gasteiger partial charge in [-0.2, -0.15) is 0 Å². The Bertz CT molecular complexity index is 623. The van der Waals surface area contributed by atoms with E-state index in [1.165, 1.54) is 5.56 Å². The number of rotatable bonds is 5. The summed E-state index contributed by atoms with van der Waals surface area (Å²) in [5.41, 5.74) is 2.31. The van der Waals surface area contributed by atoms with Crippen LogP contribution in [0.2, 0.25) is 0 Å². The summed E-state index contributed by atoms with van der Waals surface area (Å²) in [6, 6.07) is 15.9. The highest BCUT2D eigenvalue weighted by Gasteiger charge is 2.44. The summed E-state index contributed by atoms with van der Waals surface area (Å²) in [4.78, 5) is 16.3. The second-order valence-corrected chi connectivity index (χ2v) is 5.95. The zero-order valence-corrected chi connectivity index (χ0v) is 12.8. The molecule has 2 N–H and O–H groups in total. The van der Waals surface area contributed by atoms with E-state index in [2.05, 4.69) is 39.9 Å². The van der Waals surface area contributed by atoms with E-state index in [-0.39, 0.29) is 17.5 Å². The SMILES string of the molecule is C[C@H](NC(=O)NCC1(c2ccccc2)CC1)c1ccccn1. The molecular formula is C18H21N3O. The first-order valence-electron chi connectivity index (χ1n) is 7.70. The molecule has 0 radical (unpaired) electrons. The van der Waals surface area contributed by atoms with Crippen LogP contribution in [-0.2, 0) is 5.41 Å². The maximum absolute atomic E-state index is 12.1. The molecule has 1 saturated carbocycles. The lowest BCUT2D eigenvalue weighted by Crippen LogP contribution is -2.41. The molecule has 22 heavy (non-hydrogen) atoms. The van der Waals surface area contributed by atoms with Gasteiger partial charge in [-0.15, -0.1) is 0 Å². The molecule has 1 aliphatic carbocycles. The third kappa shape index (κ3) is 3.27. The molecule has 1 aromatic carbocycles. The van der Waals surface area contributed by atoms with Crippen LogP contribution in [0.5, 0.6) is 0 Å². The molecule has 0 bridgehead atoms. The Labute approximate surface area is 131 Å². The highest BCUT2D eigenvalue weighted by Crippen LogP contribution is 2.47. The fraction of sp³-hybridized carbons (Fsp3) is 0.333. The number of pyridine rings is 1. The molecule has 1 atom stereocenters. The van der Waals surface area contributed by atoms with Crippen LogP contribution >= 0.6 is 0 Å². The number of nitrogens with zero attached hydrogens (tertiary/aromatic N) is 1. The van der Waals surface area contributed by atoms with Gasteiger partial charge in [0.1, 0.15) is 0 Å². The van der Waals surface area contributed by atoms with Crippen molar-refractivity contribution in [1.29, 1.82) is 0 Å².